The van der Waals surface area contributed by atoms with Crippen molar-refractivity contribution in [2.75, 3.05) is 26.9 Å². The zero-order chi connectivity index (χ0) is 70.2. The average molecular weight is 1380 g/mol. The van der Waals surface area contributed by atoms with Gasteiger partial charge in [0.25, 0.3) is 0 Å². The fourth-order valence-electron chi connectivity index (χ4n) is 19.0. The number of ether oxygens (including phenoxy) is 13. The molecule has 11 aliphatic rings. The second-order valence-corrected chi connectivity index (χ2v) is 31.3. The maximum atomic E-state index is 15.9. The molecule has 6 saturated heterocycles. The number of esters is 2. The molecule has 0 amide bonds. The van der Waals surface area contributed by atoms with E-state index in [4.69, 9.17) is 61.6 Å². The Hall–Kier alpha value is -2.40. The Morgan fingerprint density at radius 1 is 0.521 bits per heavy atom. The topological polar surface area (TPSA) is 478 Å². The Morgan fingerprint density at radius 3 is 1.76 bits per heavy atom. The lowest BCUT2D eigenvalue weighted by Crippen LogP contribution is -2.69. The Balaban J connectivity index is 0.862. The van der Waals surface area contributed by atoms with Gasteiger partial charge in [-0.15, -0.1) is 0 Å². The quantitative estimate of drug-likeness (QED) is 0.0449. The number of methoxy groups -OCH3 is 1. The van der Waals surface area contributed by atoms with Crippen molar-refractivity contribution in [2.24, 2.45) is 50.2 Å². The van der Waals surface area contributed by atoms with Crippen LogP contribution in [0, 0.1) is 50.2 Å². The van der Waals surface area contributed by atoms with E-state index in [2.05, 4.69) is 54.5 Å². The third-order valence-corrected chi connectivity index (χ3v) is 25.0. The fourth-order valence-corrected chi connectivity index (χ4v) is 19.0. The van der Waals surface area contributed by atoms with Gasteiger partial charge < -0.3 is 143 Å². The number of carbonyl (C=O) groups excluding carboxylic acids is 2. The summed E-state index contributed by atoms with van der Waals surface area (Å²) in [7, 11) is 1.08. The van der Waals surface area contributed by atoms with Crippen molar-refractivity contribution in [3.8, 4) is 0 Å². The molecule has 16 N–H and O–H groups in total. The van der Waals surface area contributed by atoms with Gasteiger partial charge in [0.2, 0.25) is 6.29 Å². The average Bonchev–Trinajstić information content (AvgIpc) is 0.672. The molecule has 4 saturated carbocycles. The fraction of sp³-hybridized carbons (Fsp3) is 0.938. The monoisotopic (exact) mass is 1380 g/mol. The van der Waals surface area contributed by atoms with Crippen LogP contribution in [0.5, 0.6) is 0 Å². The van der Waals surface area contributed by atoms with E-state index in [1.165, 1.54) is 13.8 Å². The molecule has 37 atom stereocenters. The predicted octanol–water partition coefficient (Wildman–Crippen LogP) is -3.90. The summed E-state index contributed by atoms with van der Waals surface area (Å²) in [6.45, 7) is 16.1. The van der Waals surface area contributed by atoms with Crippen molar-refractivity contribution in [1.29, 1.82) is 0 Å². The third-order valence-electron chi connectivity index (χ3n) is 25.0. The van der Waals surface area contributed by atoms with Crippen LogP contribution in [-0.2, 0) is 71.2 Å². The number of fused-ring (bicyclic) bond motifs is 7. The summed E-state index contributed by atoms with van der Waals surface area (Å²) in [6.07, 6.45) is -43.1. The molecule has 0 bridgehead atoms. The minimum Gasteiger partial charge on any atom is -0.467 e. The molecule has 31 nitrogen and oxygen atoms in total. The summed E-state index contributed by atoms with van der Waals surface area (Å²) < 4.78 is 77.9. The molecular weight excluding hydrogens is 1280 g/mol. The summed E-state index contributed by atoms with van der Waals surface area (Å²) in [4.78, 5) is 29.0. The molecule has 6 aliphatic heterocycles. The summed E-state index contributed by atoms with van der Waals surface area (Å²) in [5, 5.41) is 177. The van der Waals surface area contributed by atoms with Gasteiger partial charge in [0.05, 0.1) is 51.3 Å². The second-order valence-electron chi connectivity index (χ2n) is 31.3. The first-order chi connectivity index (χ1) is 44.9. The molecule has 31 heteroatoms. The lowest BCUT2D eigenvalue weighted by atomic mass is 9.33. The van der Waals surface area contributed by atoms with Crippen molar-refractivity contribution < 1.29 is 153 Å². The number of carbonyl (C=O) groups is 2. The molecule has 0 aromatic heterocycles. The normalized spacial score (nSPS) is 54.1. The van der Waals surface area contributed by atoms with Gasteiger partial charge >= 0.3 is 11.9 Å². The highest BCUT2D eigenvalue weighted by Crippen LogP contribution is 2.76. The molecule has 0 spiro atoms. The molecule has 550 valence electrons. The van der Waals surface area contributed by atoms with E-state index in [1.54, 1.807) is 0 Å². The van der Waals surface area contributed by atoms with E-state index < -0.39 is 249 Å². The molecule has 11 rings (SSSR count). The molecule has 96 heavy (non-hydrogen) atoms. The number of aliphatic hydroxyl groups excluding tert-OH is 16. The van der Waals surface area contributed by atoms with E-state index in [0.29, 0.717) is 44.9 Å². The lowest BCUT2D eigenvalue weighted by Gasteiger charge is -2.71. The van der Waals surface area contributed by atoms with E-state index >= 15 is 4.79 Å². The minimum absolute atomic E-state index is 0.0136. The Bertz CT molecular complexity index is 2760. The van der Waals surface area contributed by atoms with Gasteiger partial charge in [0.1, 0.15) is 115 Å². The van der Waals surface area contributed by atoms with Crippen molar-refractivity contribution in [2.45, 2.75) is 304 Å². The van der Waals surface area contributed by atoms with Gasteiger partial charge in [0.15, 0.2) is 43.7 Å². The van der Waals surface area contributed by atoms with Crippen LogP contribution in [0.25, 0.3) is 0 Å². The first kappa shape index (κ1) is 74.8. The number of allylic oxidation sites excluding steroid dienone is 2. The van der Waals surface area contributed by atoms with Gasteiger partial charge in [-0.2, -0.15) is 0 Å². The number of hydrogen-bond donors (Lipinski definition) is 16. The molecule has 0 aromatic rings. The minimum atomic E-state index is -2.02. The van der Waals surface area contributed by atoms with Crippen LogP contribution in [0.4, 0.5) is 0 Å². The van der Waals surface area contributed by atoms with Gasteiger partial charge in [-0.3, -0.25) is 4.79 Å². The SMILES string of the molecule is COC(=O)C1OC(OC2CCC3(C)C(CCC4(C)C3CC=C3C5CC(C)(C)CCC5(C(=O)OC5OCC(O)C(OC6OC(C)C(O)C(O)C6O)C5OC5OC(C)C(OC6OCC(O)C(O)C6O)C(O)C5O)C(O)CC34C)C2(C)C)C(OC2OC(CO)C(O)C(O)C2O)C(O)C1O. The predicted molar refractivity (Wildman–Crippen MR) is 320 cm³/mol. The van der Waals surface area contributed by atoms with E-state index in [9.17, 15) is 86.5 Å². The third kappa shape index (κ3) is 12.6. The first-order valence-electron chi connectivity index (χ1n) is 33.9. The smallest absolute Gasteiger partial charge is 0.337 e. The highest BCUT2D eigenvalue weighted by atomic mass is 16.8. The highest BCUT2D eigenvalue weighted by molar-refractivity contribution is 5.80. The van der Waals surface area contributed by atoms with Crippen molar-refractivity contribution in [1.82, 2.24) is 0 Å². The summed E-state index contributed by atoms with van der Waals surface area (Å²) in [5.74, 6) is -2.57. The molecule has 6 heterocycles. The molecule has 0 radical (unpaired) electrons. The zero-order valence-corrected chi connectivity index (χ0v) is 55.9. The number of rotatable bonds is 14. The summed E-state index contributed by atoms with van der Waals surface area (Å²) >= 11 is 0. The zero-order valence-electron chi connectivity index (χ0n) is 55.9. The molecule has 5 aliphatic carbocycles. The van der Waals surface area contributed by atoms with Crippen molar-refractivity contribution in [3.63, 3.8) is 0 Å². The van der Waals surface area contributed by atoms with Crippen molar-refractivity contribution >= 4 is 11.9 Å². The second kappa shape index (κ2) is 27.7. The highest BCUT2D eigenvalue weighted by Gasteiger charge is 2.73. The number of hydrogen-bond acceptors (Lipinski definition) is 31. The molecule has 10 fully saturated rings. The van der Waals surface area contributed by atoms with Crippen LogP contribution < -0.4 is 0 Å². The summed E-state index contributed by atoms with van der Waals surface area (Å²) in [5.41, 5.74) is -3.30. The van der Waals surface area contributed by atoms with Gasteiger partial charge in [-0.05, 0) is 116 Å². The summed E-state index contributed by atoms with van der Waals surface area (Å²) in [6, 6.07) is 0. The van der Waals surface area contributed by atoms with Crippen LogP contribution in [0.1, 0.15) is 120 Å². The largest absolute Gasteiger partial charge is 0.467 e. The van der Waals surface area contributed by atoms with Gasteiger partial charge in [-0.25, -0.2) is 4.79 Å². The number of aliphatic hydroxyl groups is 16. The van der Waals surface area contributed by atoms with Crippen LogP contribution in [-0.4, -0.2) is 305 Å². The molecule has 37 unspecified atom stereocenters. The molecular formula is C65H104O31. The standard InChI is InChI=1S/C65H104O31/c1-24-35(70)38(73)44(79)54(87-24)92-48-29(68)23-86-57(51(48)95-55-46(81)42(77)47(25(2)88-55)91-53-43(78)36(71)28(67)22-85-53)96-59(83)65-18-17-60(3,4)19-27(65)26-11-12-32-62(7)15-14-34(61(5,6)31(62)13-16-63(32,8)64(26,9)20-33(65)69)90-58-50(41(76)40(75)49(93-58)52(82)84-10)94-56-45(80)39(74)37(72)30(21-66)89-56/h11,24-25,27-51,53-58,66-81H,12-23H2,1-10H3. The Morgan fingerprint density at radius 2 is 1.09 bits per heavy atom. The Kier molecular flexibility index (Phi) is 21.5. The lowest BCUT2D eigenvalue weighted by molar-refractivity contribution is -0.384. The maximum Gasteiger partial charge on any atom is 0.337 e. The van der Waals surface area contributed by atoms with Crippen LogP contribution in [0.2, 0.25) is 0 Å². The van der Waals surface area contributed by atoms with Crippen LogP contribution >= 0.6 is 0 Å². The van der Waals surface area contributed by atoms with Crippen LogP contribution in [0.3, 0.4) is 0 Å². The van der Waals surface area contributed by atoms with Crippen molar-refractivity contribution in [3.05, 3.63) is 11.6 Å². The Labute approximate surface area is 556 Å². The van der Waals surface area contributed by atoms with E-state index in [1.807, 2.05) is 0 Å². The van der Waals surface area contributed by atoms with E-state index in [0.717, 1.165) is 12.7 Å². The first-order valence-corrected chi connectivity index (χ1v) is 33.9. The van der Waals surface area contributed by atoms with Gasteiger partial charge in [-0.1, -0.05) is 60.1 Å². The molecule has 0 aromatic carbocycles. The maximum absolute atomic E-state index is 15.9. The van der Waals surface area contributed by atoms with E-state index in [-0.39, 0.29) is 30.1 Å². The van der Waals surface area contributed by atoms with Gasteiger partial charge in [0, 0.05) is 0 Å². The van der Waals surface area contributed by atoms with Crippen LogP contribution in [0.15, 0.2) is 11.6 Å².